The molecule has 0 saturated heterocycles. The van der Waals surface area contributed by atoms with E-state index in [0.717, 1.165) is 24.5 Å². The first-order chi connectivity index (χ1) is 8.74. The second kappa shape index (κ2) is 4.78. The van der Waals surface area contributed by atoms with E-state index in [0.29, 0.717) is 18.9 Å². The van der Waals surface area contributed by atoms with Gasteiger partial charge in [-0.3, -0.25) is 0 Å². The zero-order valence-electron chi connectivity index (χ0n) is 10.7. The van der Waals surface area contributed by atoms with Crippen molar-refractivity contribution in [1.29, 1.82) is 0 Å². The summed E-state index contributed by atoms with van der Waals surface area (Å²) in [7, 11) is 0. The van der Waals surface area contributed by atoms with Crippen LogP contribution in [-0.2, 0) is 6.54 Å². The predicted molar refractivity (Wildman–Crippen MR) is 69.8 cm³/mol. The largest absolute Gasteiger partial charge is 0.454 e. The van der Waals surface area contributed by atoms with E-state index in [4.69, 9.17) is 15.2 Å². The summed E-state index contributed by atoms with van der Waals surface area (Å²) >= 11 is 0. The van der Waals surface area contributed by atoms with E-state index in [2.05, 4.69) is 18.3 Å². The molecule has 2 unspecified atom stereocenters. The molecule has 1 heterocycles. The third-order valence-corrected chi connectivity index (χ3v) is 3.96. The van der Waals surface area contributed by atoms with Crippen molar-refractivity contribution < 1.29 is 9.47 Å². The topological polar surface area (TPSA) is 56.5 Å². The van der Waals surface area contributed by atoms with Crippen molar-refractivity contribution in [3.63, 3.8) is 0 Å². The molecule has 0 spiro atoms. The Labute approximate surface area is 107 Å². The van der Waals surface area contributed by atoms with Gasteiger partial charge in [-0.15, -0.1) is 0 Å². The van der Waals surface area contributed by atoms with Gasteiger partial charge in [0.1, 0.15) is 0 Å². The molecule has 18 heavy (non-hydrogen) atoms. The summed E-state index contributed by atoms with van der Waals surface area (Å²) in [5, 5.41) is 3.56. The Morgan fingerprint density at radius 2 is 2.06 bits per heavy atom. The van der Waals surface area contributed by atoms with Crippen LogP contribution < -0.4 is 20.5 Å². The van der Waals surface area contributed by atoms with Crippen molar-refractivity contribution in [3.8, 4) is 11.5 Å². The first-order valence-electron chi connectivity index (χ1n) is 6.62. The van der Waals surface area contributed by atoms with Gasteiger partial charge in [0.15, 0.2) is 11.5 Å². The number of hydrogen-bond donors (Lipinski definition) is 2. The number of nitrogens with two attached hydrogens (primary N) is 1. The summed E-state index contributed by atoms with van der Waals surface area (Å²) in [6.07, 6.45) is 3.56. The van der Waals surface area contributed by atoms with Crippen LogP contribution in [0, 0.1) is 6.92 Å². The molecule has 3 N–H and O–H groups in total. The number of hydrogen-bond acceptors (Lipinski definition) is 4. The summed E-state index contributed by atoms with van der Waals surface area (Å²) in [4.78, 5) is 0. The van der Waals surface area contributed by atoms with Crippen LogP contribution in [0.25, 0.3) is 0 Å². The number of benzene rings is 1. The highest BCUT2D eigenvalue weighted by Gasteiger charge is 2.23. The predicted octanol–water partition coefficient (Wildman–Crippen LogP) is 1.69. The minimum Gasteiger partial charge on any atom is -0.454 e. The van der Waals surface area contributed by atoms with Gasteiger partial charge in [-0.1, -0.05) is 6.42 Å². The van der Waals surface area contributed by atoms with Crippen molar-refractivity contribution in [2.24, 2.45) is 5.73 Å². The summed E-state index contributed by atoms with van der Waals surface area (Å²) in [5.41, 5.74) is 8.56. The molecule has 2 aliphatic rings. The molecule has 4 heteroatoms. The van der Waals surface area contributed by atoms with Gasteiger partial charge < -0.3 is 20.5 Å². The molecule has 0 bridgehead atoms. The molecule has 2 atom stereocenters. The second-order valence-electron chi connectivity index (χ2n) is 5.21. The Morgan fingerprint density at radius 3 is 2.78 bits per heavy atom. The Hall–Kier alpha value is -1.26. The smallest absolute Gasteiger partial charge is 0.231 e. The van der Waals surface area contributed by atoms with Gasteiger partial charge in [-0.05, 0) is 43.0 Å². The summed E-state index contributed by atoms with van der Waals surface area (Å²) < 4.78 is 10.8. The normalized spacial score (nSPS) is 25.7. The highest BCUT2D eigenvalue weighted by atomic mass is 16.7. The second-order valence-corrected chi connectivity index (χ2v) is 5.21. The molecule has 0 aromatic heterocycles. The van der Waals surface area contributed by atoms with E-state index in [1.165, 1.54) is 24.0 Å². The fraction of sp³-hybridized carbons (Fsp3) is 0.571. The molecular formula is C14H20N2O2. The first-order valence-corrected chi connectivity index (χ1v) is 6.62. The van der Waals surface area contributed by atoms with Crippen molar-refractivity contribution >= 4 is 0 Å². The van der Waals surface area contributed by atoms with Crippen LogP contribution in [0.2, 0.25) is 0 Å². The highest BCUT2D eigenvalue weighted by molar-refractivity contribution is 5.48. The standard InChI is InChI=1S/C14H20N2O2/c1-9-5-13-14(18-8-17-13)6-10(9)7-16-12-4-2-3-11(12)15/h5-6,11-12,16H,2-4,7-8,15H2,1H3. The molecule has 3 rings (SSSR count). The summed E-state index contributed by atoms with van der Waals surface area (Å²) in [5.74, 6) is 1.71. The minimum absolute atomic E-state index is 0.305. The maximum absolute atomic E-state index is 6.06. The van der Waals surface area contributed by atoms with Gasteiger partial charge >= 0.3 is 0 Å². The van der Waals surface area contributed by atoms with Crippen molar-refractivity contribution in [2.45, 2.75) is 44.8 Å². The zero-order chi connectivity index (χ0) is 12.5. The maximum atomic E-state index is 6.06. The molecule has 0 radical (unpaired) electrons. The van der Waals surface area contributed by atoms with Crippen molar-refractivity contribution in [2.75, 3.05) is 6.79 Å². The third kappa shape index (κ3) is 2.18. The molecule has 0 amide bonds. The Kier molecular flexibility index (Phi) is 3.14. The molecular weight excluding hydrogens is 228 g/mol. The molecule has 1 saturated carbocycles. The number of fused-ring (bicyclic) bond motifs is 1. The van der Waals surface area contributed by atoms with E-state index in [9.17, 15) is 0 Å². The number of rotatable bonds is 3. The molecule has 1 aromatic carbocycles. The van der Waals surface area contributed by atoms with Crippen LogP contribution >= 0.6 is 0 Å². The number of ether oxygens (including phenoxy) is 2. The molecule has 98 valence electrons. The van der Waals surface area contributed by atoms with Gasteiger partial charge in [0.25, 0.3) is 0 Å². The first kappa shape index (κ1) is 11.8. The summed E-state index contributed by atoms with van der Waals surface area (Å²) in [6, 6.07) is 4.88. The van der Waals surface area contributed by atoms with Gasteiger partial charge in [-0.2, -0.15) is 0 Å². The van der Waals surface area contributed by atoms with Crippen LogP contribution in [0.1, 0.15) is 30.4 Å². The lowest BCUT2D eigenvalue weighted by molar-refractivity contribution is 0.174. The Balaban J connectivity index is 1.69. The van der Waals surface area contributed by atoms with Gasteiger partial charge in [0.05, 0.1) is 0 Å². The van der Waals surface area contributed by atoms with Crippen molar-refractivity contribution in [3.05, 3.63) is 23.3 Å². The van der Waals surface area contributed by atoms with Crippen molar-refractivity contribution in [1.82, 2.24) is 5.32 Å². The Morgan fingerprint density at radius 1 is 1.28 bits per heavy atom. The monoisotopic (exact) mass is 248 g/mol. The molecule has 1 aromatic rings. The average Bonchev–Trinajstić information content (AvgIpc) is 2.95. The van der Waals surface area contributed by atoms with E-state index < -0.39 is 0 Å². The van der Waals surface area contributed by atoms with Gasteiger partial charge in [-0.25, -0.2) is 0 Å². The van der Waals surface area contributed by atoms with Crippen LogP contribution in [0.15, 0.2) is 12.1 Å². The van der Waals surface area contributed by atoms with E-state index in [1.54, 1.807) is 0 Å². The van der Waals surface area contributed by atoms with Gasteiger partial charge in [0.2, 0.25) is 6.79 Å². The zero-order valence-corrected chi connectivity index (χ0v) is 10.7. The number of nitrogens with one attached hydrogen (secondary N) is 1. The molecule has 1 aliphatic carbocycles. The average molecular weight is 248 g/mol. The fourth-order valence-corrected chi connectivity index (χ4v) is 2.76. The molecule has 4 nitrogen and oxygen atoms in total. The third-order valence-electron chi connectivity index (χ3n) is 3.96. The Bertz CT molecular complexity index is 448. The number of aryl methyl sites for hydroxylation is 1. The van der Waals surface area contributed by atoms with Crippen LogP contribution in [-0.4, -0.2) is 18.9 Å². The van der Waals surface area contributed by atoms with Crippen LogP contribution in [0.5, 0.6) is 11.5 Å². The minimum atomic E-state index is 0.305. The van der Waals surface area contributed by atoms with E-state index in [-0.39, 0.29) is 0 Å². The lowest BCUT2D eigenvalue weighted by Crippen LogP contribution is -2.40. The van der Waals surface area contributed by atoms with Crippen LogP contribution in [0.4, 0.5) is 0 Å². The SMILES string of the molecule is Cc1cc2c(cc1CNC1CCCC1N)OCO2. The van der Waals surface area contributed by atoms with Gasteiger partial charge in [0, 0.05) is 18.6 Å². The highest BCUT2D eigenvalue weighted by Crippen LogP contribution is 2.34. The lowest BCUT2D eigenvalue weighted by atomic mass is 10.1. The quantitative estimate of drug-likeness (QED) is 0.854. The lowest BCUT2D eigenvalue weighted by Gasteiger charge is -2.18. The molecule has 1 fully saturated rings. The maximum Gasteiger partial charge on any atom is 0.231 e. The van der Waals surface area contributed by atoms with Crippen LogP contribution in [0.3, 0.4) is 0 Å². The van der Waals surface area contributed by atoms with E-state index in [1.807, 2.05) is 6.07 Å². The van der Waals surface area contributed by atoms with E-state index >= 15 is 0 Å². The summed E-state index contributed by atoms with van der Waals surface area (Å²) in [6.45, 7) is 3.29. The molecule has 1 aliphatic heterocycles. The fourth-order valence-electron chi connectivity index (χ4n) is 2.76.